The van der Waals surface area contributed by atoms with E-state index in [-0.39, 0.29) is 24.5 Å². The quantitative estimate of drug-likeness (QED) is 0.424. The first-order valence-corrected chi connectivity index (χ1v) is 14.6. The smallest absolute Gasteiger partial charge is 0.320 e. The summed E-state index contributed by atoms with van der Waals surface area (Å²) < 4.78 is 0. The van der Waals surface area contributed by atoms with E-state index in [0.717, 1.165) is 23.1 Å². The number of amides is 3. The van der Waals surface area contributed by atoms with Crippen LogP contribution >= 0.6 is 23.2 Å². The normalized spacial score (nSPS) is 29.6. The highest BCUT2D eigenvalue weighted by Gasteiger charge is 2.50. The molecule has 6 nitrogen and oxygen atoms in total. The van der Waals surface area contributed by atoms with E-state index < -0.39 is 0 Å². The Hall–Kier alpha value is -2.44. The Labute approximate surface area is 235 Å². The van der Waals surface area contributed by atoms with E-state index in [9.17, 15) is 9.59 Å². The number of rotatable bonds is 5. The van der Waals surface area contributed by atoms with Gasteiger partial charge in [0, 0.05) is 31.7 Å². The molecule has 7 rings (SSSR count). The van der Waals surface area contributed by atoms with Crippen molar-refractivity contribution in [3.8, 4) is 0 Å². The molecule has 8 heteroatoms. The summed E-state index contributed by atoms with van der Waals surface area (Å²) >= 11 is 13.2. The van der Waals surface area contributed by atoms with E-state index in [2.05, 4.69) is 0 Å². The fraction of sp³-hybridized carbons (Fsp3) is 0.533. The largest absolute Gasteiger partial charge is 0.324 e. The molecule has 202 valence electrons. The van der Waals surface area contributed by atoms with Crippen LogP contribution in [0.1, 0.15) is 50.1 Å². The van der Waals surface area contributed by atoms with E-state index in [1.807, 2.05) is 65.5 Å². The van der Waals surface area contributed by atoms with Crippen LogP contribution in [-0.2, 0) is 4.79 Å². The van der Waals surface area contributed by atoms with Crippen LogP contribution in [0, 0.1) is 23.7 Å². The van der Waals surface area contributed by atoms with Crippen LogP contribution in [0.3, 0.4) is 0 Å². The highest BCUT2D eigenvalue weighted by Crippen LogP contribution is 2.55. The lowest BCUT2D eigenvalue weighted by Crippen LogP contribution is -2.58. The van der Waals surface area contributed by atoms with Crippen molar-refractivity contribution in [2.75, 3.05) is 32.2 Å². The summed E-state index contributed by atoms with van der Waals surface area (Å²) in [5, 5.41) is 4.93. The van der Waals surface area contributed by atoms with Crippen molar-refractivity contribution >= 4 is 40.8 Å². The monoisotopic (exact) mass is 554 g/mol. The lowest BCUT2D eigenvalue weighted by atomic mass is 9.54. The van der Waals surface area contributed by atoms with Gasteiger partial charge in [0.05, 0.1) is 16.8 Å². The predicted octanol–water partition coefficient (Wildman–Crippen LogP) is 6.50. The number of nitrogens with zero attached hydrogens (tertiary/aromatic N) is 4. The number of carbonyl (C=O) groups is 2. The molecule has 38 heavy (non-hydrogen) atoms. The molecule has 1 saturated heterocycles. The first kappa shape index (κ1) is 25.8. The summed E-state index contributed by atoms with van der Waals surface area (Å²) in [7, 11) is 3.68. The SMILES string of the molecule is CN(CC(=O)N1CCC(c2ccccc2Cl)N1c1ccccc1Cl)C(=O)N(C)C1C2CC3CC(C2)CC1C3. The lowest BCUT2D eigenvalue weighted by Gasteiger charge is -2.56. The molecule has 5 aliphatic rings. The molecule has 4 bridgehead atoms. The van der Waals surface area contributed by atoms with E-state index in [1.54, 1.807) is 17.0 Å². The van der Waals surface area contributed by atoms with Crippen LogP contribution in [0.2, 0.25) is 10.0 Å². The van der Waals surface area contributed by atoms with Gasteiger partial charge in [-0.2, -0.15) is 0 Å². The number of urea groups is 1. The van der Waals surface area contributed by atoms with Crippen molar-refractivity contribution in [3.63, 3.8) is 0 Å². The van der Waals surface area contributed by atoms with Crippen molar-refractivity contribution in [3.05, 3.63) is 64.1 Å². The van der Waals surface area contributed by atoms with Crippen LogP contribution in [-0.4, -0.2) is 60.0 Å². The molecule has 1 aliphatic heterocycles. The minimum atomic E-state index is -0.135. The number of hydrogen-bond donors (Lipinski definition) is 0. The summed E-state index contributed by atoms with van der Waals surface area (Å²) in [6, 6.07) is 15.4. The van der Waals surface area contributed by atoms with Gasteiger partial charge in [0.15, 0.2) is 0 Å². The summed E-state index contributed by atoms with van der Waals surface area (Å²) in [5.41, 5.74) is 1.71. The van der Waals surface area contributed by atoms with Gasteiger partial charge in [-0.3, -0.25) is 14.8 Å². The van der Waals surface area contributed by atoms with Gasteiger partial charge in [-0.05, 0) is 86.0 Å². The van der Waals surface area contributed by atoms with Gasteiger partial charge < -0.3 is 9.80 Å². The topological polar surface area (TPSA) is 47.1 Å². The van der Waals surface area contributed by atoms with E-state index in [4.69, 9.17) is 23.2 Å². The van der Waals surface area contributed by atoms with Crippen molar-refractivity contribution in [2.45, 2.75) is 50.6 Å². The van der Waals surface area contributed by atoms with Crippen LogP contribution in [0.15, 0.2) is 48.5 Å². The third-order valence-corrected chi connectivity index (χ3v) is 10.1. The predicted molar refractivity (Wildman–Crippen MR) is 151 cm³/mol. The maximum atomic E-state index is 13.8. The Morgan fingerprint density at radius 3 is 2.11 bits per heavy atom. The molecule has 1 heterocycles. The molecule has 0 N–H and O–H groups in total. The third-order valence-electron chi connectivity index (χ3n) is 9.45. The fourth-order valence-electron chi connectivity index (χ4n) is 8.13. The minimum absolute atomic E-state index is 0.00662. The van der Waals surface area contributed by atoms with Gasteiger partial charge in [-0.1, -0.05) is 53.5 Å². The van der Waals surface area contributed by atoms with Crippen LogP contribution in [0.4, 0.5) is 10.5 Å². The van der Waals surface area contributed by atoms with E-state index in [1.165, 1.54) is 32.1 Å². The molecule has 2 aromatic rings. The lowest BCUT2D eigenvalue weighted by molar-refractivity contribution is -0.131. The second-order valence-electron chi connectivity index (χ2n) is 11.8. The van der Waals surface area contributed by atoms with Crippen LogP contribution in [0.5, 0.6) is 0 Å². The Bertz CT molecular complexity index is 1190. The first-order valence-electron chi connectivity index (χ1n) is 13.9. The Morgan fingerprint density at radius 1 is 0.868 bits per heavy atom. The molecule has 4 saturated carbocycles. The highest BCUT2D eigenvalue weighted by molar-refractivity contribution is 6.33. The zero-order chi connectivity index (χ0) is 26.6. The van der Waals surface area contributed by atoms with Gasteiger partial charge in [0.25, 0.3) is 5.91 Å². The molecule has 1 unspecified atom stereocenters. The van der Waals surface area contributed by atoms with Gasteiger partial charge in [-0.25, -0.2) is 4.79 Å². The average Bonchev–Trinajstić information content (AvgIpc) is 3.33. The summed E-state index contributed by atoms with van der Waals surface area (Å²) in [6.07, 6.45) is 7.11. The van der Waals surface area contributed by atoms with Gasteiger partial charge in [0.1, 0.15) is 6.54 Å². The summed E-state index contributed by atoms with van der Waals surface area (Å²) in [4.78, 5) is 30.9. The average molecular weight is 556 g/mol. The molecule has 5 fully saturated rings. The number of benzene rings is 2. The number of halogens is 2. The van der Waals surface area contributed by atoms with Crippen molar-refractivity contribution in [1.82, 2.24) is 14.8 Å². The number of hydrazine groups is 1. The standard InChI is InChI=1S/C30H36Cl2N4O2/c1-33(30(38)34(2)29-21-14-19-13-20(16-21)17-22(29)15-19)18-28(37)35-12-11-26(23-7-3-4-8-24(23)31)36(35)27-10-6-5-9-25(27)32/h3-10,19-22,26,29H,11-18H2,1-2H3. The van der Waals surface area contributed by atoms with Gasteiger partial charge >= 0.3 is 6.03 Å². The number of para-hydroxylation sites is 1. The molecule has 0 radical (unpaired) electrons. The second-order valence-corrected chi connectivity index (χ2v) is 12.6. The first-order chi connectivity index (χ1) is 18.3. The minimum Gasteiger partial charge on any atom is -0.324 e. The second kappa shape index (κ2) is 10.3. The van der Waals surface area contributed by atoms with Crippen molar-refractivity contribution in [2.24, 2.45) is 23.7 Å². The Balaban J connectivity index is 1.19. The van der Waals surface area contributed by atoms with Crippen molar-refractivity contribution < 1.29 is 9.59 Å². The van der Waals surface area contributed by atoms with E-state index in [0.29, 0.717) is 40.9 Å². The van der Waals surface area contributed by atoms with Crippen molar-refractivity contribution in [1.29, 1.82) is 0 Å². The third kappa shape index (κ3) is 4.54. The molecular weight excluding hydrogens is 519 g/mol. The summed E-state index contributed by atoms with van der Waals surface area (Å²) in [6.45, 7) is 0.528. The zero-order valence-corrected chi connectivity index (χ0v) is 23.6. The maximum absolute atomic E-state index is 13.8. The van der Waals surface area contributed by atoms with E-state index >= 15 is 0 Å². The molecule has 1 atom stereocenters. The van der Waals surface area contributed by atoms with Gasteiger partial charge in [-0.15, -0.1) is 0 Å². The molecular formula is C30H36Cl2N4O2. The molecule has 2 aromatic carbocycles. The van der Waals surface area contributed by atoms with Crippen LogP contribution < -0.4 is 5.01 Å². The number of carbonyl (C=O) groups excluding carboxylic acids is 2. The molecule has 3 amide bonds. The Morgan fingerprint density at radius 2 is 1.47 bits per heavy atom. The summed E-state index contributed by atoms with van der Waals surface area (Å²) in [5.74, 6) is 2.79. The molecule has 0 spiro atoms. The van der Waals surface area contributed by atoms with Gasteiger partial charge in [0.2, 0.25) is 0 Å². The zero-order valence-electron chi connectivity index (χ0n) is 22.1. The molecule has 0 aromatic heterocycles. The number of anilines is 1. The number of likely N-dealkylation sites (N-methyl/N-ethyl adjacent to an activating group) is 1. The highest BCUT2D eigenvalue weighted by atomic mass is 35.5. The van der Waals surface area contributed by atoms with Crippen LogP contribution in [0.25, 0.3) is 0 Å². The molecule has 4 aliphatic carbocycles. The number of hydrogen-bond acceptors (Lipinski definition) is 3. The fourth-order valence-corrected chi connectivity index (χ4v) is 8.62. The Kier molecular flexibility index (Phi) is 6.98. The maximum Gasteiger partial charge on any atom is 0.320 e.